The Balaban J connectivity index is 2.71. The third kappa shape index (κ3) is 2.46. The maximum absolute atomic E-state index is 11.6. The third-order valence-electron chi connectivity index (χ3n) is 2.66. The molecular weight excluding hydrogens is 279 g/mol. The number of nitrogens with one attached hydrogen (secondary N) is 2. The first-order valence-corrected chi connectivity index (χ1v) is 6.97. The number of nitrogens with zero attached hydrogens (tertiary/aromatic N) is 2. The predicted molar refractivity (Wildman–Crippen MR) is 65.3 cm³/mol. The van der Waals surface area contributed by atoms with Gasteiger partial charge in [0.25, 0.3) is 5.56 Å². The van der Waals surface area contributed by atoms with Crippen LogP contribution in [0.3, 0.4) is 0 Å². The van der Waals surface area contributed by atoms with Gasteiger partial charge in [0, 0.05) is 13.6 Å². The van der Waals surface area contributed by atoms with Gasteiger partial charge in [-0.3, -0.25) is 28.5 Å². The topological polar surface area (TPSA) is 150 Å². The lowest BCUT2D eigenvalue weighted by atomic mass is 10.5. The molecule has 0 aliphatic heterocycles. The van der Waals surface area contributed by atoms with Crippen LogP contribution in [-0.4, -0.2) is 35.1 Å². The highest BCUT2D eigenvalue weighted by Gasteiger charge is 2.17. The highest BCUT2D eigenvalue weighted by Crippen LogP contribution is 2.33. The van der Waals surface area contributed by atoms with Crippen LogP contribution in [0.2, 0.25) is 0 Å². The molecule has 104 valence electrons. The van der Waals surface area contributed by atoms with Gasteiger partial charge in [-0.1, -0.05) is 0 Å². The number of imidazole rings is 1. The molecule has 0 aliphatic rings. The van der Waals surface area contributed by atoms with E-state index in [4.69, 9.17) is 9.79 Å². The summed E-state index contributed by atoms with van der Waals surface area (Å²) in [6, 6.07) is 0. The minimum absolute atomic E-state index is 0.0599. The molecule has 0 fully saturated rings. The van der Waals surface area contributed by atoms with E-state index in [0.717, 1.165) is 9.13 Å². The molecule has 19 heavy (non-hydrogen) atoms. The van der Waals surface area contributed by atoms with Gasteiger partial charge in [0.15, 0.2) is 5.52 Å². The van der Waals surface area contributed by atoms with Crippen LogP contribution >= 0.6 is 7.60 Å². The minimum Gasteiger partial charge on any atom is -0.324 e. The summed E-state index contributed by atoms with van der Waals surface area (Å²) in [5.74, 6) is 0. The fourth-order valence-electron chi connectivity index (χ4n) is 1.73. The SMILES string of the molecule is Cn1c(=O)[nH]c2c1c(=O)[nH]c(=O)n2CCP(=O)(O)O. The van der Waals surface area contributed by atoms with Crippen LogP contribution in [-0.2, 0) is 18.2 Å². The predicted octanol–water partition coefficient (Wildman–Crippen LogP) is -2.11. The zero-order chi connectivity index (χ0) is 14.4. The first kappa shape index (κ1) is 13.5. The van der Waals surface area contributed by atoms with Crippen molar-refractivity contribution in [1.82, 2.24) is 19.1 Å². The molecule has 0 radical (unpaired) electrons. The Kier molecular flexibility index (Phi) is 3.09. The average Bonchev–Trinajstić information content (AvgIpc) is 2.53. The normalized spacial score (nSPS) is 12.2. The van der Waals surface area contributed by atoms with Gasteiger partial charge in [0.05, 0.1) is 6.16 Å². The second-order valence-corrected chi connectivity index (χ2v) is 5.76. The number of hydrogen-bond acceptors (Lipinski definition) is 4. The zero-order valence-corrected chi connectivity index (χ0v) is 10.7. The number of aryl methyl sites for hydroxylation is 2. The Labute approximate surface area is 104 Å². The van der Waals surface area contributed by atoms with E-state index in [1.807, 2.05) is 4.98 Å². The van der Waals surface area contributed by atoms with E-state index < -0.39 is 30.7 Å². The van der Waals surface area contributed by atoms with E-state index >= 15 is 0 Å². The lowest BCUT2D eigenvalue weighted by Crippen LogP contribution is -2.31. The van der Waals surface area contributed by atoms with E-state index in [0.29, 0.717) is 0 Å². The number of H-pyrrole nitrogens is 2. The Morgan fingerprint density at radius 2 is 1.79 bits per heavy atom. The van der Waals surface area contributed by atoms with Crippen molar-refractivity contribution >= 4 is 18.8 Å². The lowest BCUT2D eigenvalue weighted by molar-refractivity contribution is 0.369. The zero-order valence-electron chi connectivity index (χ0n) is 9.78. The van der Waals surface area contributed by atoms with Crippen LogP contribution in [0.25, 0.3) is 11.2 Å². The summed E-state index contributed by atoms with van der Waals surface area (Å²) in [5.41, 5.74) is -2.30. The summed E-state index contributed by atoms with van der Waals surface area (Å²) in [4.78, 5) is 56.5. The molecule has 2 heterocycles. The molecule has 0 aliphatic carbocycles. The molecule has 2 aromatic rings. The number of aromatic nitrogens is 4. The molecule has 0 amide bonds. The first-order chi connectivity index (χ1) is 8.70. The second-order valence-electron chi connectivity index (χ2n) is 3.99. The van der Waals surface area contributed by atoms with Gasteiger partial charge in [-0.25, -0.2) is 9.59 Å². The molecule has 4 N–H and O–H groups in total. The van der Waals surface area contributed by atoms with E-state index in [-0.39, 0.29) is 17.7 Å². The van der Waals surface area contributed by atoms with Crippen LogP contribution in [0.4, 0.5) is 0 Å². The van der Waals surface area contributed by atoms with Crippen molar-refractivity contribution in [2.24, 2.45) is 7.05 Å². The molecule has 11 heteroatoms. The number of rotatable bonds is 3. The Morgan fingerprint density at radius 3 is 2.37 bits per heavy atom. The number of fused-ring (bicyclic) bond motifs is 1. The quantitative estimate of drug-likeness (QED) is 0.475. The Morgan fingerprint density at radius 1 is 1.16 bits per heavy atom. The second kappa shape index (κ2) is 4.34. The van der Waals surface area contributed by atoms with Gasteiger partial charge in [-0.05, 0) is 0 Å². The molecule has 2 aromatic heterocycles. The van der Waals surface area contributed by atoms with Crippen molar-refractivity contribution in [3.8, 4) is 0 Å². The monoisotopic (exact) mass is 290 g/mol. The highest BCUT2D eigenvalue weighted by molar-refractivity contribution is 7.51. The van der Waals surface area contributed by atoms with Crippen LogP contribution < -0.4 is 16.9 Å². The van der Waals surface area contributed by atoms with Gasteiger partial charge >= 0.3 is 19.0 Å². The fourth-order valence-corrected chi connectivity index (χ4v) is 2.19. The molecule has 0 spiro atoms. The fraction of sp³-hybridized carbons (Fsp3) is 0.375. The van der Waals surface area contributed by atoms with E-state index in [1.165, 1.54) is 7.05 Å². The smallest absolute Gasteiger partial charge is 0.324 e. The first-order valence-electron chi connectivity index (χ1n) is 5.17. The molecule has 2 rings (SSSR count). The molecule has 10 nitrogen and oxygen atoms in total. The summed E-state index contributed by atoms with van der Waals surface area (Å²) < 4.78 is 12.8. The van der Waals surface area contributed by atoms with Crippen molar-refractivity contribution in [3.63, 3.8) is 0 Å². The average molecular weight is 290 g/mol. The summed E-state index contributed by atoms with van der Waals surface area (Å²) >= 11 is 0. The van der Waals surface area contributed by atoms with Crippen molar-refractivity contribution in [3.05, 3.63) is 31.3 Å². The van der Waals surface area contributed by atoms with Crippen molar-refractivity contribution in [2.75, 3.05) is 6.16 Å². The standard InChI is InChI=1S/C8H11N4O6P/c1-11-4-5(9-7(11)14)12(2-3-19(16,17)18)8(15)10-6(4)13/h2-3H2,1H3,(H,9,14)(H,10,13,15)(H2,16,17,18). The Hall–Kier alpha value is -1.90. The molecule has 0 aromatic carbocycles. The molecular formula is C8H11N4O6P. The van der Waals surface area contributed by atoms with Crippen LogP contribution in [0.1, 0.15) is 0 Å². The summed E-state index contributed by atoms with van der Waals surface area (Å²) in [7, 11) is -2.96. The van der Waals surface area contributed by atoms with Gasteiger partial charge in [0.2, 0.25) is 0 Å². The van der Waals surface area contributed by atoms with Crippen molar-refractivity contribution in [2.45, 2.75) is 6.54 Å². The minimum atomic E-state index is -4.30. The van der Waals surface area contributed by atoms with Gasteiger partial charge in [0.1, 0.15) is 5.65 Å². The molecule has 0 saturated heterocycles. The highest BCUT2D eigenvalue weighted by atomic mass is 31.2. The number of hydrogen-bond donors (Lipinski definition) is 4. The van der Waals surface area contributed by atoms with E-state index in [9.17, 15) is 18.9 Å². The van der Waals surface area contributed by atoms with Gasteiger partial charge < -0.3 is 9.79 Å². The Bertz CT molecular complexity index is 849. The largest absolute Gasteiger partial charge is 0.330 e. The van der Waals surface area contributed by atoms with Gasteiger partial charge in [-0.15, -0.1) is 0 Å². The summed E-state index contributed by atoms with van der Waals surface area (Å²) in [6.45, 7) is -0.323. The van der Waals surface area contributed by atoms with Crippen LogP contribution in [0, 0.1) is 0 Å². The van der Waals surface area contributed by atoms with Crippen molar-refractivity contribution in [1.29, 1.82) is 0 Å². The maximum Gasteiger partial charge on any atom is 0.330 e. The van der Waals surface area contributed by atoms with E-state index in [2.05, 4.69) is 4.98 Å². The maximum atomic E-state index is 11.6. The van der Waals surface area contributed by atoms with Gasteiger partial charge in [-0.2, -0.15) is 0 Å². The molecule has 0 unspecified atom stereocenters. The van der Waals surface area contributed by atoms with Crippen LogP contribution in [0.15, 0.2) is 14.4 Å². The van der Waals surface area contributed by atoms with Crippen LogP contribution in [0.5, 0.6) is 0 Å². The molecule has 0 bridgehead atoms. The third-order valence-corrected chi connectivity index (χ3v) is 3.44. The summed E-state index contributed by atoms with van der Waals surface area (Å²) in [6.07, 6.45) is -0.578. The molecule has 0 atom stereocenters. The van der Waals surface area contributed by atoms with E-state index in [1.54, 1.807) is 0 Å². The summed E-state index contributed by atoms with van der Waals surface area (Å²) in [5, 5.41) is 0. The molecule has 0 saturated carbocycles. The lowest BCUT2D eigenvalue weighted by Gasteiger charge is -2.07. The van der Waals surface area contributed by atoms with Crippen molar-refractivity contribution < 1.29 is 14.4 Å². The number of aromatic amines is 2.